The maximum absolute atomic E-state index is 11.9. The molecule has 0 unspecified atom stereocenters. The fourth-order valence-corrected chi connectivity index (χ4v) is 3.22. The summed E-state index contributed by atoms with van der Waals surface area (Å²) in [5.74, 6) is 0.733. The van der Waals surface area contributed by atoms with Crippen LogP contribution in [0, 0.1) is 0 Å². The normalized spacial score (nSPS) is 21.9. The number of nitrogens with zero attached hydrogens (tertiary/aromatic N) is 2. The third-order valence-corrected chi connectivity index (χ3v) is 4.51. The van der Waals surface area contributed by atoms with Gasteiger partial charge in [-0.3, -0.25) is 9.79 Å². The van der Waals surface area contributed by atoms with Gasteiger partial charge in [0.15, 0.2) is 5.96 Å². The minimum atomic E-state index is 0.120. The molecule has 0 radical (unpaired) electrons. The molecule has 5 heteroatoms. The van der Waals surface area contributed by atoms with Crippen molar-refractivity contribution in [3.8, 4) is 0 Å². The first-order valence-corrected chi connectivity index (χ1v) is 8.60. The molecule has 0 spiro atoms. The summed E-state index contributed by atoms with van der Waals surface area (Å²) in [4.78, 5) is 18.4. The van der Waals surface area contributed by atoms with Gasteiger partial charge in [-0.05, 0) is 25.7 Å². The van der Waals surface area contributed by atoms with E-state index in [1.807, 2.05) is 0 Å². The van der Waals surface area contributed by atoms with Gasteiger partial charge in [0.1, 0.15) is 0 Å². The number of rotatable bonds is 4. The van der Waals surface area contributed by atoms with Crippen LogP contribution in [0.3, 0.4) is 0 Å². The van der Waals surface area contributed by atoms with E-state index < -0.39 is 0 Å². The fraction of sp³-hybridized carbons (Fsp3) is 0.875. The van der Waals surface area contributed by atoms with Crippen LogP contribution in [-0.4, -0.2) is 42.4 Å². The zero-order valence-corrected chi connectivity index (χ0v) is 13.1. The molecule has 120 valence electrons. The van der Waals surface area contributed by atoms with Gasteiger partial charge in [0.05, 0.1) is 6.54 Å². The molecule has 0 bridgehead atoms. The number of carbonyl (C=O) groups excluding carboxylic acids is 1. The Morgan fingerprint density at radius 1 is 1.05 bits per heavy atom. The summed E-state index contributed by atoms with van der Waals surface area (Å²) in [5.41, 5.74) is 6.03. The van der Waals surface area contributed by atoms with E-state index in [2.05, 4.69) is 15.2 Å². The molecule has 1 heterocycles. The van der Waals surface area contributed by atoms with E-state index in [0.717, 1.165) is 25.9 Å². The number of amides is 1. The van der Waals surface area contributed by atoms with E-state index in [0.29, 0.717) is 25.0 Å². The molecule has 3 N–H and O–H groups in total. The highest BCUT2D eigenvalue weighted by Crippen LogP contribution is 2.17. The summed E-state index contributed by atoms with van der Waals surface area (Å²) < 4.78 is 0. The molecular weight excluding hydrogens is 264 g/mol. The monoisotopic (exact) mass is 294 g/mol. The van der Waals surface area contributed by atoms with Gasteiger partial charge in [0, 0.05) is 25.6 Å². The van der Waals surface area contributed by atoms with Crippen molar-refractivity contribution in [3.63, 3.8) is 0 Å². The third kappa shape index (κ3) is 5.94. The Labute approximate surface area is 128 Å². The molecule has 21 heavy (non-hydrogen) atoms. The fourth-order valence-electron chi connectivity index (χ4n) is 3.22. The van der Waals surface area contributed by atoms with Crippen molar-refractivity contribution < 1.29 is 4.79 Å². The Bertz CT molecular complexity index is 342. The van der Waals surface area contributed by atoms with E-state index in [1.165, 1.54) is 44.9 Å². The highest BCUT2D eigenvalue weighted by molar-refractivity contribution is 5.79. The minimum Gasteiger partial charge on any atom is -0.370 e. The molecular formula is C16H30N4O. The van der Waals surface area contributed by atoms with Gasteiger partial charge in [-0.1, -0.05) is 32.1 Å². The number of aliphatic imine (C=N–C) groups is 1. The first-order valence-electron chi connectivity index (χ1n) is 8.60. The lowest BCUT2D eigenvalue weighted by Crippen LogP contribution is -2.39. The first kappa shape index (κ1) is 16.1. The molecule has 2 rings (SSSR count). The predicted molar refractivity (Wildman–Crippen MR) is 86.2 cm³/mol. The topological polar surface area (TPSA) is 70.7 Å². The van der Waals surface area contributed by atoms with Crippen LogP contribution < -0.4 is 11.1 Å². The molecule has 1 saturated carbocycles. The largest absolute Gasteiger partial charge is 0.370 e. The number of hydrogen-bond acceptors (Lipinski definition) is 2. The number of likely N-dealkylation sites (tertiary alicyclic amines) is 1. The SMILES string of the molecule is NC(=NCCC(=O)NC1CCCCC1)N1CCCCCC1. The maximum atomic E-state index is 11.9. The number of nitrogens with one attached hydrogen (secondary N) is 1. The van der Waals surface area contributed by atoms with Crippen molar-refractivity contribution in [1.29, 1.82) is 0 Å². The maximum Gasteiger partial charge on any atom is 0.222 e. The van der Waals surface area contributed by atoms with Gasteiger partial charge in [-0.2, -0.15) is 0 Å². The molecule has 1 amide bonds. The lowest BCUT2D eigenvalue weighted by atomic mass is 9.95. The van der Waals surface area contributed by atoms with Crippen LogP contribution in [0.15, 0.2) is 4.99 Å². The van der Waals surface area contributed by atoms with Crippen LogP contribution in [0.5, 0.6) is 0 Å². The van der Waals surface area contributed by atoms with Crippen molar-refractivity contribution >= 4 is 11.9 Å². The molecule has 2 aliphatic rings. The zero-order chi connectivity index (χ0) is 14.9. The average molecular weight is 294 g/mol. The van der Waals surface area contributed by atoms with Gasteiger partial charge in [0.2, 0.25) is 5.91 Å². The van der Waals surface area contributed by atoms with Crippen LogP contribution in [0.1, 0.15) is 64.2 Å². The van der Waals surface area contributed by atoms with E-state index in [4.69, 9.17) is 5.73 Å². The second-order valence-electron chi connectivity index (χ2n) is 6.29. The number of guanidine groups is 1. The van der Waals surface area contributed by atoms with Gasteiger partial charge < -0.3 is 16.0 Å². The molecule has 0 aromatic heterocycles. The molecule has 0 aromatic carbocycles. The Morgan fingerprint density at radius 2 is 1.67 bits per heavy atom. The predicted octanol–water partition coefficient (Wildman–Crippen LogP) is 2.02. The molecule has 5 nitrogen and oxygen atoms in total. The lowest BCUT2D eigenvalue weighted by molar-refractivity contribution is -0.121. The highest BCUT2D eigenvalue weighted by Gasteiger charge is 2.15. The van der Waals surface area contributed by atoms with E-state index in [1.54, 1.807) is 0 Å². The van der Waals surface area contributed by atoms with Gasteiger partial charge in [-0.25, -0.2) is 0 Å². The first-order chi connectivity index (χ1) is 10.3. The van der Waals surface area contributed by atoms with Crippen molar-refractivity contribution in [2.75, 3.05) is 19.6 Å². The number of carbonyl (C=O) groups is 1. The van der Waals surface area contributed by atoms with Crippen LogP contribution in [0.2, 0.25) is 0 Å². The second-order valence-corrected chi connectivity index (χ2v) is 6.29. The quantitative estimate of drug-likeness (QED) is 0.615. The van der Waals surface area contributed by atoms with Crippen molar-refractivity contribution in [2.45, 2.75) is 70.3 Å². The number of nitrogens with two attached hydrogens (primary N) is 1. The summed E-state index contributed by atoms with van der Waals surface area (Å²) in [6, 6.07) is 0.387. The molecule has 1 aliphatic carbocycles. The second kappa shape index (κ2) is 8.90. The Morgan fingerprint density at radius 3 is 2.33 bits per heavy atom. The van der Waals surface area contributed by atoms with E-state index in [-0.39, 0.29) is 5.91 Å². The average Bonchev–Trinajstić information content (AvgIpc) is 2.77. The van der Waals surface area contributed by atoms with Crippen LogP contribution >= 0.6 is 0 Å². The summed E-state index contributed by atoms with van der Waals surface area (Å²) in [6.07, 6.45) is 11.5. The summed E-state index contributed by atoms with van der Waals surface area (Å²) in [5, 5.41) is 3.12. The van der Waals surface area contributed by atoms with Crippen molar-refractivity contribution in [2.24, 2.45) is 10.7 Å². The van der Waals surface area contributed by atoms with E-state index >= 15 is 0 Å². The highest BCUT2D eigenvalue weighted by atomic mass is 16.1. The summed E-state index contributed by atoms with van der Waals surface area (Å²) in [7, 11) is 0. The Balaban J connectivity index is 1.66. The van der Waals surface area contributed by atoms with Crippen molar-refractivity contribution in [1.82, 2.24) is 10.2 Å². The molecule has 0 atom stereocenters. The summed E-state index contributed by atoms with van der Waals surface area (Å²) in [6.45, 7) is 2.51. The lowest BCUT2D eigenvalue weighted by Gasteiger charge is -2.23. The number of hydrogen-bond donors (Lipinski definition) is 2. The minimum absolute atomic E-state index is 0.120. The molecule has 1 saturated heterocycles. The van der Waals surface area contributed by atoms with Crippen molar-refractivity contribution in [3.05, 3.63) is 0 Å². The smallest absolute Gasteiger partial charge is 0.222 e. The van der Waals surface area contributed by atoms with E-state index in [9.17, 15) is 4.79 Å². The standard InChI is InChI=1S/C16H30N4O/c17-16(20-12-6-1-2-7-13-20)18-11-10-15(21)19-14-8-4-3-5-9-14/h14H,1-13H2,(H2,17,18)(H,19,21). The third-order valence-electron chi connectivity index (χ3n) is 4.51. The Hall–Kier alpha value is -1.26. The van der Waals surface area contributed by atoms with Crippen LogP contribution in [-0.2, 0) is 4.79 Å². The zero-order valence-electron chi connectivity index (χ0n) is 13.1. The summed E-state index contributed by atoms with van der Waals surface area (Å²) >= 11 is 0. The molecule has 0 aromatic rings. The molecule has 2 fully saturated rings. The van der Waals surface area contributed by atoms with Crippen LogP contribution in [0.25, 0.3) is 0 Å². The van der Waals surface area contributed by atoms with Crippen LogP contribution in [0.4, 0.5) is 0 Å². The molecule has 1 aliphatic heterocycles. The van der Waals surface area contributed by atoms with Gasteiger partial charge >= 0.3 is 0 Å². The Kier molecular flexibility index (Phi) is 6.83. The van der Waals surface area contributed by atoms with Gasteiger partial charge in [0.25, 0.3) is 0 Å². The van der Waals surface area contributed by atoms with Gasteiger partial charge in [-0.15, -0.1) is 0 Å².